The molecule has 0 aliphatic rings. The highest BCUT2D eigenvalue weighted by Gasteiger charge is 2.03. The summed E-state index contributed by atoms with van der Waals surface area (Å²) in [6.07, 6.45) is 7.67. The van der Waals surface area contributed by atoms with Gasteiger partial charge in [0.1, 0.15) is 6.07 Å². The number of benzene rings is 1. The molecule has 0 aliphatic carbocycles. The van der Waals surface area contributed by atoms with Crippen molar-refractivity contribution in [2.75, 3.05) is 17.6 Å². The van der Waals surface area contributed by atoms with Gasteiger partial charge in [-0.15, -0.1) is 0 Å². The van der Waals surface area contributed by atoms with Gasteiger partial charge in [0.2, 0.25) is 0 Å². The molecular weight excluding hydrogens is 238 g/mol. The summed E-state index contributed by atoms with van der Waals surface area (Å²) in [6, 6.07) is 7.53. The predicted molar refractivity (Wildman–Crippen MR) is 75.5 cm³/mol. The summed E-state index contributed by atoms with van der Waals surface area (Å²) in [5, 5.41) is 12.2. The number of aryl methyl sites for hydroxylation is 1. The molecule has 1 aromatic heterocycles. The largest absolute Gasteiger partial charge is 0.396 e. The lowest BCUT2D eigenvalue weighted by molar-refractivity contribution is 0.621. The number of imidazole rings is 1. The van der Waals surface area contributed by atoms with Gasteiger partial charge in [0.25, 0.3) is 0 Å². The van der Waals surface area contributed by atoms with Crippen LogP contribution in [0.2, 0.25) is 0 Å². The molecule has 0 unspecified atom stereocenters. The summed E-state index contributed by atoms with van der Waals surface area (Å²) in [4.78, 5) is 4.00. The molecule has 0 spiro atoms. The first-order valence-electron chi connectivity index (χ1n) is 6.29. The molecule has 0 amide bonds. The fourth-order valence-corrected chi connectivity index (χ4v) is 1.88. The van der Waals surface area contributed by atoms with Crippen LogP contribution in [0.4, 0.5) is 11.4 Å². The van der Waals surface area contributed by atoms with Gasteiger partial charge in [-0.25, -0.2) is 4.98 Å². The minimum Gasteiger partial charge on any atom is -0.396 e. The zero-order valence-electron chi connectivity index (χ0n) is 10.7. The quantitative estimate of drug-likeness (QED) is 0.612. The highest BCUT2D eigenvalue weighted by molar-refractivity contribution is 5.72. The second-order valence-electron chi connectivity index (χ2n) is 4.31. The van der Waals surface area contributed by atoms with E-state index in [0.29, 0.717) is 11.3 Å². The standard InChI is InChI=1S/C14H17N5/c15-10-12-4-3-5-13(14(12)16)18-6-1-2-8-19-9-7-17-11-19/h3-5,7,9,11,18H,1-2,6,8,16H2. The Morgan fingerprint density at radius 2 is 2.26 bits per heavy atom. The van der Waals surface area contributed by atoms with Crippen molar-refractivity contribution in [3.8, 4) is 6.07 Å². The molecule has 0 saturated carbocycles. The van der Waals surface area contributed by atoms with E-state index in [1.807, 2.05) is 24.7 Å². The summed E-state index contributed by atoms with van der Waals surface area (Å²) in [6.45, 7) is 1.81. The number of unbranched alkanes of at least 4 members (excludes halogenated alkanes) is 1. The molecule has 19 heavy (non-hydrogen) atoms. The van der Waals surface area contributed by atoms with Gasteiger partial charge in [-0.05, 0) is 25.0 Å². The number of aromatic nitrogens is 2. The number of hydrogen-bond acceptors (Lipinski definition) is 4. The van der Waals surface area contributed by atoms with Crippen molar-refractivity contribution in [1.29, 1.82) is 5.26 Å². The molecule has 0 saturated heterocycles. The number of anilines is 2. The zero-order valence-corrected chi connectivity index (χ0v) is 10.7. The van der Waals surface area contributed by atoms with E-state index in [2.05, 4.69) is 20.9 Å². The van der Waals surface area contributed by atoms with Crippen LogP contribution in [0.5, 0.6) is 0 Å². The summed E-state index contributed by atoms with van der Waals surface area (Å²) in [7, 11) is 0. The van der Waals surface area contributed by atoms with Gasteiger partial charge in [0.05, 0.1) is 23.3 Å². The van der Waals surface area contributed by atoms with Crippen LogP contribution in [0, 0.1) is 11.3 Å². The number of nitrogens with one attached hydrogen (secondary N) is 1. The Bertz CT molecular complexity index is 554. The van der Waals surface area contributed by atoms with Gasteiger partial charge >= 0.3 is 0 Å². The van der Waals surface area contributed by atoms with Gasteiger partial charge in [-0.2, -0.15) is 5.26 Å². The van der Waals surface area contributed by atoms with Gasteiger partial charge < -0.3 is 15.6 Å². The number of hydrogen-bond donors (Lipinski definition) is 2. The van der Waals surface area contributed by atoms with Crippen LogP contribution in [0.25, 0.3) is 0 Å². The molecule has 3 N–H and O–H groups in total. The van der Waals surface area contributed by atoms with E-state index < -0.39 is 0 Å². The van der Waals surface area contributed by atoms with E-state index in [1.54, 1.807) is 12.3 Å². The maximum Gasteiger partial charge on any atom is 0.101 e. The smallest absolute Gasteiger partial charge is 0.101 e. The van der Waals surface area contributed by atoms with Gasteiger partial charge in [-0.3, -0.25) is 0 Å². The molecule has 5 nitrogen and oxygen atoms in total. The first-order valence-corrected chi connectivity index (χ1v) is 6.29. The third kappa shape index (κ3) is 3.49. The second-order valence-corrected chi connectivity index (χ2v) is 4.31. The minimum absolute atomic E-state index is 0.517. The number of nitrogens with zero attached hydrogens (tertiary/aromatic N) is 3. The fourth-order valence-electron chi connectivity index (χ4n) is 1.88. The molecule has 0 atom stereocenters. The molecule has 1 heterocycles. The van der Waals surface area contributed by atoms with Crippen LogP contribution in [0.3, 0.4) is 0 Å². The maximum atomic E-state index is 8.89. The Morgan fingerprint density at radius 1 is 1.37 bits per heavy atom. The van der Waals surface area contributed by atoms with Crippen LogP contribution in [0.1, 0.15) is 18.4 Å². The number of nitrogen functional groups attached to an aromatic ring is 1. The van der Waals surface area contributed by atoms with Crippen molar-refractivity contribution in [2.45, 2.75) is 19.4 Å². The van der Waals surface area contributed by atoms with Crippen LogP contribution in [0.15, 0.2) is 36.9 Å². The topological polar surface area (TPSA) is 79.7 Å². The molecule has 0 radical (unpaired) electrons. The Labute approximate surface area is 112 Å². The zero-order chi connectivity index (χ0) is 13.5. The van der Waals surface area contributed by atoms with Crippen molar-refractivity contribution in [1.82, 2.24) is 9.55 Å². The monoisotopic (exact) mass is 255 g/mol. The number of rotatable bonds is 6. The van der Waals surface area contributed by atoms with Gasteiger partial charge in [0, 0.05) is 25.5 Å². The van der Waals surface area contributed by atoms with Crippen molar-refractivity contribution < 1.29 is 0 Å². The number of nitriles is 1. The number of para-hydroxylation sites is 1. The van der Waals surface area contributed by atoms with E-state index in [4.69, 9.17) is 11.0 Å². The van der Waals surface area contributed by atoms with E-state index in [-0.39, 0.29) is 0 Å². The molecule has 98 valence electrons. The molecule has 2 rings (SSSR count). The van der Waals surface area contributed by atoms with Crippen LogP contribution in [-0.4, -0.2) is 16.1 Å². The molecular formula is C14H17N5. The normalized spacial score (nSPS) is 10.1. The van der Waals surface area contributed by atoms with Crippen LogP contribution in [-0.2, 0) is 6.54 Å². The van der Waals surface area contributed by atoms with E-state index in [1.165, 1.54) is 0 Å². The molecule has 0 aliphatic heterocycles. The van der Waals surface area contributed by atoms with Gasteiger partial charge in [-0.1, -0.05) is 6.07 Å². The molecule has 2 aromatic rings. The number of nitrogens with two attached hydrogens (primary N) is 1. The molecule has 0 fully saturated rings. The Kier molecular flexibility index (Phi) is 4.40. The SMILES string of the molecule is N#Cc1cccc(NCCCCn2ccnc2)c1N. The van der Waals surface area contributed by atoms with E-state index in [9.17, 15) is 0 Å². The Hall–Kier alpha value is -2.48. The molecule has 0 bridgehead atoms. The summed E-state index contributed by atoms with van der Waals surface area (Å²) in [5.41, 5.74) is 7.77. The highest BCUT2D eigenvalue weighted by atomic mass is 15.0. The van der Waals surface area contributed by atoms with Crippen molar-refractivity contribution in [3.63, 3.8) is 0 Å². The maximum absolute atomic E-state index is 8.89. The third-order valence-corrected chi connectivity index (χ3v) is 2.94. The Balaban J connectivity index is 1.75. The highest BCUT2D eigenvalue weighted by Crippen LogP contribution is 2.21. The average Bonchev–Trinajstić information content (AvgIpc) is 2.93. The van der Waals surface area contributed by atoms with E-state index in [0.717, 1.165) is 31.6 Å². The second kappa shape index (κ2) is 6.45. The van der Waals surface area contributed by atoms with Crippen molar-refractivity contribution >= 4 is 11.4 Å². The summed E-state index contributed by atoms with van der Waals surface area (Å²) in [5.74, 6) is 0. The first-order chi connectivity index (χ1) is 9.31. The summed E-state index contributed by atoms with van der Waals surface area (Å²) >= 11 is 0. The van der Waals surface area contributed by atoms with Crippen molar-refractivity contribution in [3.05, 3.63) is 42.5 Å². The lowest BCUT2D eigenvalue weighted by Gasteiger charge is -2.10. The summed E-state index contributed by atoms with van der Waals surface area (Å²) < 4.78 is 2.06. The van der Waals surface area contributed by atoms with Crippen molar-refractivity contribution in [2.24, 2.45) is 0 Å². The van der Waals surface area contributed by atoms with Crippen LogP contribution < -0.4 is 11.1 Å². The van der Waals surface area contributed by atoms with Crippen LogP contribution >= 0.6 is 0 Å². The Morgan fingerprint density at radius 3 is 3.00 bits per heavy atom. The predicted octanol–water partition coefficient (Wildman–Crippen LogP) is 2.23. The third-order valence-electron chi connectivity index (χ3n) is 2.94. The van der Waals surface area contributed by atoms with E-state index >= 15 is 0 Å². The minimum atomic E-state index is 0.517. The average molecular weight is 255 g/mol. The lowest BCUT2D eigenvalue weighted by atomic mass is 10.1. The van der Waals surface area contributed by atoms with Gasteiger partial charge in [0.15, 0.2) is 0 Å². The molecule has 5 heteroatoms. The first kappa shape index (κ1) is 13.0. The fraction of sp³-hybridized carbons (Fsp3) is 0.286. The lowest BCUT2D eigenvalue weighted by Crippen LogP contribution is -2.06. The molecule has 1 aromatic carbocycles.